The Morgan fingerprint density at radius 3 is 2.85 bits per heavy atom. The van der Waals surface area contributed by atoms with Crippen LogP contribution in [0.3, 0.4) is 0 Å². The normalized spacial score (nSPS) is 10.5. The van der Waals surface area contributed by atoms with Crippen molar-refractivity contribution in [3.8, 4) is 0 Å². The van der Waals surface area contributed by atoms with Crippen LogP contribution in [0.2, 0.25) is 0 Å². The molecule has 0 saturated carbocycles. The number of nitro groups is 1. The van der Waals surface area contributed by atoms with Crippen molar-refractivity contribution in [1.29, 1.82) is 0 Å². The summed E-state index contributed by atoms with van der Waals surface area (Å²) in [6.07, 6.45) is 0. The first-order valence-corrected chi connectivity index (χ1v) is 3.94. The standard InChI is InChI=1S/C7H5N3O2S/c11-10(12)4-1-2-5-6(3-4)8-9-7(5)13/h1-3H,(H2,8,9,13). The summed E-state index contributed by atoms with van der Waals surface area (Å²) in [5.41, 5.74) is 0.706. The van der Waals surface area contributed by atoms with Gasteiger partial charge in [-0.25, -0.2) is 0 Å². The van der Waals surface area contributed by atoms with Gasteiger partial charge in [-0.05, 0) is 6.07 Å². The number of nitro benzene ring substituents is 1. The third-order valence-corrected chi connectivity index (χ3v) is 2.09. The Hall–Kier alpha value is -1.69. The molecule has 0 bridgehead atoms. The van der Waals surface area contributed by atoms with Gasteiger partial charge in [0.2, 0.25) is 0 Å². The zero-order valence-corrected chi connectivity index (χ0v) is 7.22. The maximum atomic E-state index is 10.4. The van der Waals surface area contributed by atoms with Crippen LogP contribution in [-0.4, -0.2) is 15.1 Å². The van der Waals surface area contributed by atoms with E-state index in [4.69, 9.17) is 12.2 Å². The summed E-state index contributed by atoms with van der Waals surface area (Å²) in [7, 11) is 0. The van der Waals surface area contributed by atoms with Gasteiger partial charge in [0.15, 0.2) is 0 Å². The van der Waals surface area contributed by atoms with Crippen molar-refractivity contribution in [1.82, 2.24) is 10.2 Å². The second-order valence-electron chi connectivity index (χ2n) is 2.57. The molecule has 0 spiro atoms. The number of nitrogens with one attached hydrogen (secondary N) is 2. The Labute approximate surface area is 77.5 Å². The van der Waals surface area contributed by atoms with Gasteiger partial charge >= 0.3 is 0 Å². The molecule has 13 heavy (non-hydrogen) atoms. The Bertz CT molecular complexity index is 528. The van der Waals surface area contributed by atoms with Gasteiger partial charge in [0.1, 0.15) is 4.64 Å². The van der Waals surface area contributed by atoms with Crippen molar-refractivity contribution in [2.45, 2.75) is 0 Å². The largest absolute Gasteiger partial charge is 0.299 e. The lowest BCUT2D eigenvalue weighted by Gasteiger charge is -1.89. The topological polar surface area (TPSA) is 74.7 Å². The van der Waals surface area contributed by atoms with Gasteiger partial charge in [0.25, 0.3) is 5.69 Å². The van der Waals surface area contributed by atoms with Crippen LogP contribution < -0.4 is 0 Å². The number of benzene rings is 1. The molecule has 66 valence electrons. The molecule has 0 aliphatic rings. The molecule has 0 amide bonds. The fourth-order valence-corrected chi connectivity index (χ4v) is 1.37. The molecule has 1 heterocycles. The molecule has 0 saturated heterocycles. The van der Waals surface area contributed by atoms with Crippen molar-refractivity contribution in [2.75, 3.05) is 0 Å². The lowest BCUT2D eigenvalue weighted by Crippen LogP contribution is -1.86. The third-order valence-electron chi connectivity index (χ3n) is 1.77. The minimum absolute atomic E-state index is 0.0535. The van der Waals surface area contributed by atoms with Crippen LogP contribution in [0.4, 0.5) is 5.69 Å². The molecule has 1 aromatic heterocycles. The average Bonchev–Trinajstić information content (AvgIpc) is 2.47. The number of aromatic nitrogens is 2. The number of H-pyrrole nitrogens is 2. The van der Waals surface area contributed by atoms with Crippen molar-refractivity contribution in [3.63, 3.8) is 0 Å². The van der Waals surface area contributed by atoms with E-state index in [1.807, 2.05) is 0 Å². The number of rotatable bonds is 1. The Morgan fingerprint density at radius 2 is 2.15 bits per heavy atom. The molecule has 0 aliphatic heterocycles. The first-order chi connectivity index (χ1) is 6.18. The summed E-state index contributed by atoms with van der Waals surface area (Å²) >= 11 is 4.94. The zero-order chi connectivity index (χ0) is 9.42. The van der Waals surface area contributed by atoms with Crippen LogP contribution >= 0.6 is 12.2 Å². The van der Waals surface area contributed by atoms with E-state index in [1.54, 1.807) is 6.07 Å². The average molecular weight is 195 g/mol. The highest BCUT2D eigenvalue weighted by molar-refractivity contribution is 7.71. The molecule has 0 aliphatic carbocycles. The lowest BCUT2D eigenvalue weighted by atomic mass is 10.2. The van der Waals surface area contributed by atoms with E-state index < -0.39 is 4.92 Å². The fraction of sp³-hybridized carbons (Fsp3) is 0. The number of nitrogens with zero attached hydrogens (tertiary/aromatic N) is 1. The van der Waals surface area contributed by atoms with E-state index in [1.165, 1.54) is 12.1 Å². The molecule has 1 aromatic carbocycles. The lowest BCUT2D eigenvalue weighted by molar-refractivity contribution is -0.384. The molecular weight excluding hydrogens is 190 g/mol. The van der Waals surface area contributed by atoms with E-state index in [0.29, 0.717) is 10.2 Å². The van der Waals surface area contributed by atoms with Crippen LogP contribution in [0.25, 0.3) is 10.9 Å². The quantitative estimate of drug-likeness (QED) is 0.416. The van der Waals surface area contributed by atoms with E-state index in [2.05, 4.69) is 10.2 Å². The summed E-state index contributed by atoms with van der Waals surface area (Å²) in [6, 6.07) is 4.50. The van der Waals surface area contributed by atoms with Gasteiger partial charge in [-0.3, -0.25) is 20.3 Å². The van der Waals surface area contributed by atoms with E-state index >= 15 is 0 Å². The second-order valence-corrected chi connectivity index (χ2v) is 2.97. The van der Waals surface area contributed by atoms with Crippen molar-refractivity contribution in [2.24, 2.45) is 0 Å². The predicted molar refractivity (Wildman–Crippen MR) is 50.1 cm³/mol. The first-order valence-electron chi connectivity index (χ1n) is 3.53. The zero-order valence-electron chi connectivity index (χ0n) is 6.40. The number of fused-ring (bicyclic) bond motifs is 1. The highest BCUT2D eigenvalue weighted by atomic mass is 32.1. The second kappa shape index (κ2) is 2.67. The molecule has 0 radical (unpaired) electrons. The van der Waals surface area contributed by atoms with Crippen LogP contribution in [0.1, 0.15) is 0 Å². The summed E-state index contributed by atoms with van der Waals surface area (Å²) in [5.74, 6) is 0. The predicted octanol–water partition coefficient (Wildman–Crippen LogP) is 2.13. The van der Waals surface area contributed by atoms with Crippen molar-refractivity contribution >= 4 is 28.8 Å². The van der Waals surface area contributed by atoms with E-state index in [-0.39, 0.29) is 5.69 Å². The minimum atomic E-state index is -0.441. The SMILES string of the molecule is O=[N+]([O-])c1ccc2c(=S)[nH][nH]c2c1. The monoisotopic (exact) mass is 195 g/mol. The molecule has 5 nitrogen and oxygen atoms in total. The minimum Gasteiger partial charge on any atom is -0.299 e. The van der Waals surface area contributed by atoms with Gasteiger partial charge in [-0.1, -0.05) is 12.2 Å². The van der Waals surface area contributed by atoms with Crippen LogP contribution in [-0.2, 0) is 0 Å². The molecular formula is C7H5N3O2S. The van der Waals surface area contributed by atoms with Gasteiger partial charge in [0, 0.05) is 17.5 Å². The Balaban J connectivity index is 2.77. The number of hydrogen-bond acceptors (Lipinski definition) is 3. The number of aromatic amines is 2. The smallest absolute Gasteiger partial charge is 0.271 e. The molecule has 6 heteroatoms. The summed E-state index contributed by atoms with van der Waals surface area (Å²) in [5, 5.41) is 16.7. The van der Waals surface area contributed by atoms with E-state index in [9.17, 15) is 10.1 Å². The van der Waals surface area contributed by atoms with Gasteiger partial charge in [-0.15, -0.1) is 0 Å². The maximum Gasteiger partial charge on any atom is 0.271 e. The van der Waals surface area contributed by atoms with Crippen LogP contribution in [0, 0.1) is 14.8 Å². The summed E-state index contributed by atoms with van der Waals surface area (Å²) in [6.45, 7) is 0. The maximum absolute atomic E-state index is 10.4. The molecule has 2 rings (SSSR count). The van der Waals surface area contributed by atoms with Gasteiger partial charge in [-0.2, -0.15) is 0 Å². The van der Waals surface area contributed by atoms with Gasteiger partial charge < -0.3 is 0 Å². The highest BCUT2D eigenvalue weighted by Crippen LogP contribution is 2.19. The number of hydrogen-bond donors (Lipinski definition) is 2. The van der Waals surface area contributed by atoms with Crippen molar-refractivity contribution < 1.29 is 4.92 Å². The Morgan fingerprint density at radius 1 is 1.38 bits per heavy atom. The molecule has 2 N–H and O–H groups in total. The summed E-state index contributed by atoms with van der Waals surface area (Å²) in [4.78, 5) is 9.97. The Kier molecular flexibility index (Phi) is 1.63. The first kappa shape index (κ1) is 7.93. The third kappa shape index (κ3) is 1.20. The summed E-state index contributed by atoms with van der Waals surface area (Å²) < 4.78 is 0.560. The fourth-order valence-electron chi connectivity index (χ4n) is 1.14. The number of non-ortho nitro benzene ring substituents is 1. The van der Waals surface area contributed by atoms with Crippen LogP contribution in [0.5, 0.6) is 0 Å². The van der Waals surface area contributed by atoms with Crippen molar-refractivity contribution in [3.05, 3.63) is 33.0 Å². The van der Waals surface area contributed by atoms with Gasteiger partial charge in [0.05, 0.1) is 10.4 Å². The van der Waals surface area contributed by atoms with E-state index in [0.717, 1.165) is 5.39 Å². The molecule has 0 unspecified atom stereocenters. The highest BCUT2D eigenvalue weighted by Gasteiger charge is 2.06. The van der Waals surface area contributed by atoms with Crippen LogP contribution in [0.15, 0.2) is 18.2 Å². The molecule has 0 fully saturated rings. The molecule has 0 atom stereocenters. The molecule has 2 aromatic rings.